The van der Waals surface area contributed by atoms with Crippen molar-refractivity contribution in [1.29, 1.82) is 0 Å². The van der Waals surface area contributed by atoms with Crippen LogP contribution < -0.4 is 10.9 Å². The number of alkyl halides is 3. The molecule has 0 aliphatic carbocycles. The number of H-pyrrole nitrogens is 1. The number of halogens is 3. The fourth-order valence-corrected chi connectivity index (χ4v) is 1.68. The quantitative estimate of drug-likeness (QED) is 0.913. The Morgan fingerprint density at radius 1 is 1.14 bits per heavy atom. The molecule has 0 aliphatic heterocycles. The zero-order valence-electron chi connectivity index (χ0n) is 10.7. The average Bonchev–Trinajstić information content (AvgIpc) is 2.44. The number of carbonyl (C=O) groups excluding carboxylic acids is 1. The normalized spacial score (nSPS) is 11.2. The minimum absolute atomic E-state index is 0.0732. The van der Waals surface area contributed by atoms with Gasteiger partial charge in [0.15, 0.2) is 0 Å². The number of benzene rings is 1. The Kier molecular flexibility index (Phi) is 4.11. The molecular formula is C14H11F3N2O2. The topological polar surface area (TPSA) is 62.0 Å². The lowest BCUT2D eigenvalue weighted by atomic mass is 10.1. The van der Waals surface area contributed by atoms with Crippen LogP contribution in [0.1, 0.15) is 21.5 Å². The summed E-state index contributed by atoms with van der Waals surface area (Å²) in [5.41, 5.74) is -0.434. The highest BCUT2D eigenvalue weighted by molar-refractivity contribution is 5.93. The van der Waals surface area contributed by atoms with E-state index in [9.17, 15) is 22.8 Å². The number of pyridine rings is 1. The first kappa shape index (κ1) is 14.8. The Labute approximate surface area is 117 Å². The summed E-state index contributed by atoms with van der Waals surface area (Å²) in [4.78, 5) is 25.2. The van der Waals surface area contributed by atoms with Crippen LogP contribution in [0, 0.1) is 0 Å². The van der Waals surface area contributed by atoms with Gasteiger partial charge in [0.25, 0.3) is 5.91 Å². The minimum atomic E-state index is -4.38. The second-order valence-electron chi connectivity index (χ2n) is 4.32. The summed E-state index contributed by atoms with van der Waals surface area (Å²) in [5, 5.41) is 2.53. The first-order valence-electron chi connectivity index (χ1n) is 5.99. The number of rotatable bonds is 3. The predicted molar refractivity (Wildman–Crippen MR) is 69.7 cm³/mol. The van der Waals surface area contributed by atoms with Crippen LogP contribution in [0.2, 0.25) is 0 Å². The van der Waals surface area contributed by atoms with Gasteiger partial charge < -0.3 is 10.3 Å². The Morgan fingerprint density at radius 3 is 2.38 bits per heavy atom. The van der Waals surface area contributed by atoms with Crippen molar-refractivity contribution < 1.29 is 18.0 Å². The zero-order chi connectivity index (χ0) is 15.5. The maximum absolute atomic E-state index is 12.4. The molecule has 1 aromatic heterocycles. The number of nitrogens with one attached hydrogen (secondary N) is 2. The van der Waals surface area contributed by atoms with E-state index in [2.05, 4.69) is 10.3 Å². The number of aromatic nitrogens is 1. The molecular weight excluding hydrogens is 285 g/mol. The van der Waals surface area contributed by atoms with Crippen molar-refractivity contribution in [3.8, 4) is 0 Å². The maximum Gasteiger partial charge on any atom is 0.416 e. The van der Waals surface area contributed by atoms with Crippen molar-refractivity contribution in [3.63, 3.8) is 0 Å². The van der Waals surface area contributed by atoms with Gasteiger partial charge in [-0.05, 0) is 23.8 Å². The molecule has 21 heavy (non-hydrogen) atoms. The highest BCUT2D eigenvalue weighted by Gasteiger charge is 2.29. The summed E-state index contributed by atoms with van der Waals surface area (Å²) in [6.07, 6.45) is -3.04. The fraction of sp³-hybridized carbons (Fsp3) is 0.143. The molecule has 2 N–H and O–H groups in total. The van der Waals surface area contributed by atoms with Gasteiger partial charge in [-0.1, -0.05) is 12.1 Å². The van der Waals surface area contributed by atoms with Gasteiger partial charge in [0.05, 0.1) is 5.56 Å². The van der Waals surface area contributed by atoms with Crippen LogP contribution in [0.3, 0.4) is 0 Å². The third kappa shape index (κ3) is 3.95. The lowest BCUT2D eigenvalue weighted by molar-refractivity contribution is -0.137. The fourth-order valence-electron chi connectivity index (χ4n) is 1.68. The molecule has 0 fully saturated rings. The Hall–Kier alpha value is -2.57. The summed E-state index contributed by atoms with van der Waals surface area (Å²) < 4.78 is 37.2. The second kappa shape index (κ2) is 5.82. The largest absolute Gasteiger partial charge is 0.416 e. The molecule has 0 radical (unpaired) electrons. The molecule has 0 aliphatic rings. The highest BCUT2D eigenvalue weighted by atomic mass is 19.4. The van der Waals surface area contributed by atoms with E-state index in [1.54, 1.807) is 0 Å². The smallest absolute Gasteiger partial charge is 0.348 e. The summed E-state index contributed by atoms with van der Waals surface area (Å²) in [6, 6.07) is 7.07. The highest BCUT2D eigenvalue weighted by Crippen LogP contribution is 2.28. The standard InChI is InChI=1S/C14H11F3N2O2/c15-14(16,17)11-3-1-9(2-4-11)8-19-13(21)10-5-6-18-12(20)7-10/h1-7H,8H2,(H,18,20)(H,19,21). The van der Waals surface area contributed by atoms with Crippen molar-refractivity contribution in [2.45, 2.75) is 12.7 Å². The molecule has 0 spiro atoms. The maximum atomic E-state index is 12.4. The van der Waals surface area contributed by atoms with E-state index in [4.69, 9.17) is 0 Å². The lowest BCUT2D eigenvalue weighted by Gasteiger charge is -2.08. The van der Waals surface area contributed by atoms with E-state index < -0.39 is 23.2 Å². The molecule has 0 saturated carbocycles. The molecule has 4 nitrogen and oxygen atoms in total. The molecule has 1 aromatic carbocycles. The van der Waals surface area contributed by atoms with Crippen molar-refractivity contribution in [3.05, 3.63) is 69.6 Å². The zero-order valence-corrected chi connectivity index (χ0v) is 10.7. The number of hydrogen-bond donors (Lipinski definition) is 2. The molecule has 110 valence electrons. The van der Waals surface area contributed by atoms with Gasteiger partial charge in [0, 0.05) is 24.4 Å². The van der Waals surface area contributed by atoms with Crippen molar-refractivity contribution in [2.24, 2.45) is 0 Å². The summed E-state index contributed by atoms with van der Waals surface area (Å²) >= 11 is 0. The molecule has 7 heteroatoms. The van der Waals surface area contributed by atoms with Gasteiger partial charge in [-0.3, -0.25) is 9.59 Å². The second-order valence-corrected chi connectivity index (χ2v) is 4.32. The summed E-state index contributed by atoms with van der Waals surface area (Å²) in [7, 11) is 0. The van der Waals surface area contributed by atoms with E-state index in [1.165, 1.54) is 24.4 Å². The van der Waals surface area contributed by atoms with Crippen molar-refractivity contribution >= 4 is 5.91 Å². The molecule has 0 bridgehead atoms. The number of hydrogen-bond acceptors (Lipinski definition) is 2. The third-order valence-electron chi connectivity index (χ3n) is 2.77. The first-order chi connectivity index (χ1) is 9.86. The Balaban J connectivity index is 2.00. The van der Waals surface area contributed by atoms with Gasteiger partial charge in [0.1, 0.15) is 0 Å². The SMILES string of the molecule is O=C(NCc1ccc(C(F)(F)F)cc1)c1cc[nH]c(=O)c1. The molecule has 0 atom stereocenters. The number of aromatic amines is 1. The van der Waals surface area contributed by atoms with E-state index in [-0.39, 0.29) is 12.1 Å². The molecule has 1 amide bonds. The molecule has 0 unspecified atom stereocenters. The average molecular weight is 296 g/mol. The van der Waals surface area contributed by atoms with Crippen LogP contribution in [0.15, 0.2) is 47.4 Å². The molecule has 2 rings (SSSR count). The van der Waals surface area contributed by atoms with Crippen LogP contribution in [-0.2, 0) is 12.7 Å². The molecule has 1 heterocycles. The predicted octanol–water partition coefficient (Wildman–Crippen LogP) is 2.32. The lowest BCUT2D eigenvalue weighted by Crippen LogP contribution is -2.24. The van der Waals surface area contributed by atoms with Gasteiger partial charge in [-0.25, -0.2) is 0 Å². The van der Waals surface area contributed by atoms with E-state index >= 15 is 0 Å². The van der Waals surface area contributed by atoms with Crippen LogP contribution in [0.25, 0.3) is 0 Å². The Bertz CT molecular complexity index is 690. The molecule has 2 aromatic rings. The molecule has 0 saturated heterocycles. The van der Waals surface area contributed by atoms with Crippen LogP contribution in [0.4, 0.5) is 13.2 Å². The summed E-state index contributed by atoms with van der Waals surface area (Å²) in [5.74, 6) is -0.471. The van der Waals surface area contributed by atoms with E-state index in [0.29, 0.717) is 5.56 Å². The Morgan fingerprint density at radius 2 is 1.81 bits per heavy atom. The van der Waals surface area contributed by atoms with Crippen LogP contribution in [0.5, 0.6) is 0 Å². The van der Waals surface area contributed by atoms with Crippen molar-refractivity contribution in [1.82, 2.24) is 10.3 Å². The third-order valence-corrected chi connectivity index (χ3v) is 2.77. The number of carbonyl (C=O) groups is 1. The van der Waals surface area contributed by atoms with Gasteiger partial charge in [-0.2, -0.15) is 13.2 Å². The minimum Gasteiger partial charge on any atom is -0.348 e. The first-order valence-corrected chi connectivity index (χ1v) is 5.99. The van der Waals surface area contributed by atoms with E-state index in [0.717, 1.165) is 18.2 Å². The van der Waals surface area contributed by atoms with Crippen molar-refractivity contribution in [2.75, 3.05) is 0 Å². The summed E-state index contributed by atoms with van der Waals surface area (Å²) in [6.45, 7) is 0.0732. The number of amides is 1. The van der Waals surface area contributed by atoms with Crippen LogP contribution in [-0.4, -0.2) is 10.9 Å². The monoisotopic (exact) mass is 296 g/mol. The van der Waals surface area contributed by atoms with Gasteiger partial charge in [0.2, 0.25) is 5.56 Å². The van der Waals surface area contributed by atoms with Gasteiger partial charge >= 0.3 is 6.18 Å². The van der Waals surface area contributed by atoms with Crippen LogP contribution >= 0.6 is 0 Å². The van der Waals surface area contributed by atoms with E-state index in [1.807, 2.05) is 0 Å². The van der Waals surface area contributed by atoms with Gasteiger partial charge in [-0.15, -0.1) is 0 Å².